The third-order valence-electron chi connectivity index (χ3n) is 1.33. The van der Waals surface area contributed by atoms with Crippen LogP contribution in [0, 0.1) is 12.3 Å². The van der Waals surface area contributed by atoms with Crippen LogP contribution in [0.25, 0.3) is 0 Å². The van der Waals surface area contributed by atoms with E-state index in [1.54, 1.807) is 6.92 Å². The lowest BCUT2D eigenvalue weighted by Gasteiger charge is -2.08. The van der Waals surface area contributed by atoms with E-state index in [2.05, 4.69) is 16.0 Å². The van der Waals surface area contributed by atoms with Crippen LogP contribution in [0.3, 0.4) is 0 Å². The van der Waals surface area contributed by atoms with Crippen molar-refractivity contribution in [2.75, 3.05) is 13.2 Å². The Kier molecular flexibility index (Phi) is 5.57. The summed E-state index contributed by atoms with van der Waals surface area (Å²) in [5.74, 6) is 1.63. The number of hydrogen-bond acceptors (Lipinski definition) is 4. The number of ether oxygens (including phenoxy) is 1. The van der Waals surface area contributed by atoms with Crippen LogP contribution in [0.2, 0.25) is 0 Å². The molecule has 4 nitrogen and oxygen atoms in total. The van der Waals surface area contributed by atoms with Crippen LogP contribution in [-0.4, -0.2) is 30.9 Å². The summed E-state index contributed by atoms with van der Waals surface area (Å²) in [6.07, 6.45) is 5.05. The van der Waals surface area contributed by atoms with Gasteiger partial charge in [-0.2, -0.15) is 0 Å². The topological polar surface area (TPSA) is 55.4 Å². The molecule has 0 fully saturated rings. The highest BCUT2D eigenvalue weighted by atomic mass is 16.5. The van der Waals surface area contributed by atoms with Crippen LogP contribution < -0.4 is 5.32 Å². The summed E-state index contributed by atoms with van der Waals surface area (Å²) in [5.41, 5.74) is 0. The van der Waals surface area contributed by atoms with Gasteiger partial charge in [0.1, 0.15) is 6.04 Å². The van der Waals surface area contributed by atoms with Gasteiger partial charge in [0.05, 0.1) is 13.2 Å². The van der Waals surface area contributed by atoms with E-state index in [0.717, 1.165) is 0 Å². The fourth-order valence-corrected chi connectivity index (χ4v) is 0.717. The van der Waals surface area contributed by atoms with E-state index < -0.39 is 12.0 Å². The molecule has 0 spiro atoms. The maximum atomic E-state index is 10.8. The van der Waals surface area contributed by atoms with Crippen molar-refractivity contribution in [2.45, 2.75) is 19.9 Å². The zero-order valence-corrected chi connectivity index (χ0v) is 7.79. The highest BCUT2D eigenvalue weighted by Crippen LogP contribution is 1.84. The lowest BCUT2D eigenvalue weighted by atomic mass is 10.2. The lowest BCUT2D eigenvalue weighted by Crippen LogP contribution is -2.38. The van der Waals surface area contributed by atoms with Gasteiger partial charge in [0, 0.05) is 0 Å². The zero-order valence-electron chi connectivity index (χ0n) is 7.79. The molecule has 0 heterocycles. The molecule has 0 aliphatic heterocycles. The van der Waals surface area contributed by atoms with Crippen LogP contribution in [0.15, 0.2) is 0 Å². The van der Waals surface area contributed by atoms with Gasteiger partial charge >= 0.3 is 5.97 Å². The molecule has 0 amide bonds. The van der Waals surface area contributed by atoms with Gasteiger partial charge in [-0.05, 0) is 13.8 Å². The third kappa shape index (κ3) is 4.99. The highest BCUT2D eigenvalue weighted by Gasteiger charge is 2.11. The number of ketones is 1. The Balaban J connectivity index is 3.80. The molecule has 0 saturated carbocycles. The average Bonchev–Trinajstić information content (AvgIpc) is 2.05. The molecule has 0 aliphatic rings. The first-order valence-electron chi connectivity index (χ1n) is 3.97. The van der Waals surface area contributed by atoms with Crippen molar-refractivity contribution in [1.82, 2.24) is 5.32 Å². The van der Waals surface area contributed by atoms with Crippen LogP contribution in [0.5, 0.6) is 0 Å². The second kappa shape index (κ2) is 6.21. The minimum Gasteiger partial charge on any atom is -0.465 e. The number of Topliss-reactive ketones (excluding diaryl/α,β-unsaturated/α-hetero) is 1. The van der Waals surface area contributed by atoms with Gasteiger partial charge in [0.15, 0.2) is 5.78 Å². The van der Waals surface area contributed by atoms with Crippen molar-refractivity contribution in [3.63, 3.8) is 0 Å². The summed E-state index contributed by atoms with van der Waals surface area (Å²) >= 11 is 0. The quantitative estimate of drug-likeness (QED) is 0.471. The monoisotopic (exact) mass is 183 g/mol. The number of hydrogen-bond donors (Lipinski definition) is 1. The number of esters is 1. The summed E-state index contributed by atoms with van der Waals surface area (Å²) in [6.45, 7) is 3.35. The molecule has 0 aliphatic carbocycles. The van der Waals surface area contributed by atoms with E-state index in [9.17, 15) is 9.59 Å². The first kappa shape index (κ1) is 11.7. The van der Waals surface area contributed by atoms with Crippen LogP contribution in [0.1, 0.15) is 13.8 Å². The standard InChI is InChI=1S/C9H13NO3/c1-4-8(7(3)11)10-6-9(12)13-5-2/h1,8,10H,5-6H2,2-3H3. The van der Waals surface area contributed by atoms with Crippen molar-refractivity contribution in [3.05, 3.63) is 0 Å². The van der Waals surface area contributed by atoms with Crippen molar-refractivity contribution in [3.8, 4) is 12.3 Å². The molecule has 0 saturated heterocycles. The second-order valence-corrected chi connectivity index (χ2v) is 2.40. The van der Waals surface area contributed by atoms with Gasteiger partial charge < -0.3 is 4.74 Å². The number of carbonyl (C=O) groups is 2. The number of nitrogens with one attached hydrogen (secondary N) is 1. The summed E-state index contributed by atoms with van der Waals surface area (Å²) in [5, 5.41) is 2.59. The number of terminal acetylenes is 1. The molecule has 72 valence electrons. The van der Waals surface area contributed by atoms with Crippen LogP contribution in [0.4, 0.5) is 0 Å². The molecule has 4 heteroatoms. The van der Waals surface area contributed by atoms with E-state index in [4.69, 9.17) is 6.42 Å². The maximum absolute atomic E-state index is 10.8. The van der Waals surface area contributed by atoms with Gasteiger partial charge in [0.25, 0.3) is 0 Å². The molecule has 1 N–H and O–H groups in total. The minimum atomic E-state index is -0.704. The number of rotatable bonds is 5. The average molecular weight is 183 g/mol. The molecule has 1 unspecified atom stereocenters. The van der Waals surface area contributed by atoms with Gasteiger partial charge in [0.2, 0.25) is 0 Å². The molecule has 0 aromatic rings. The molecule has 1 atom stereocenters. The van der Waals surface area contributed by atoms with Gasteiger partial charge in [-0.15, -0.1) is 6.42 Å². The SMILES string of the molecule is C#CC(NCC(=O)OCC)C(C)=O. The fraction of sp³-hybridized carbons (Fsp3) is 0.556. The van der Waals surface area contributed by atoms with E-state index in [-0.39, 0.29) is 12.3 Å². The van der Waals surface area contributed by atoms with E-state index in [1.807, 2.05) is 0 Å². The van der Waals surface area contributed by atoms with Gasteiger partial charge in [-0.1, -0.05) is 5.92 Å². The molecular formula is C9H13NO3. The van der Waals surface area contributed by atoms with Crippen molar-refractivity contribution in [1.29, 1.82) is 0 Å². The van der Waals surface area contributed by atoms with Crippen molar-refractivity contribution < 1.29 is 14.3 Å². The van der Waals surface area contributed by atoms with E-state index in [1.165, 1.54) is 6.92 Å². The summed E-state index contributed by atoms with van der Waals surface area (Å²) in [4.78, 5) is 21.6. The molecule has 0 aromatic carbocycles. The Labute approximate surface area is 77.6 Å². The first-order chi connectivity index (χ1) is 6.11. The van der Waals surface area contributed by atoms with Crippen molar-refractivity contribution in [2.24, 2.45) is 0 Å². The Morgan fingerprint density at radius 3 is 2.62 bits per heavy atom. The normalized spacial score (nSPS) is 11.5. The Morgan fingerprint density at radius 1 is 1.62 bits per heavy atom. The maximum Gasteiger partial charge on any atom is 0.319 e. The fourth-order valence-electron chi connectivity index (χ4n) is 0.717. The Morgan fingerprint density at radius 2 is 2.23 bits per heavy atom. The van der Waals surface area contributed by atoms with Crippen LogP contribution in [-0.2, 0) is 14.3 Å². The molecule has 0 rings (SSSR count). The molecule has 0 aromatic heterocycles. The minimum absolute atomic E-state index is 0.0394. The highest BCUT2D eigenvalue weighted by molar-refractivity contribution is 5.85. The molecule has 0 bridgehead atoms. The van der Waals surface area contributed by atoms with Crippen LogP contribution >= 0.6 is 0 Å². The lowest BCUT2D eigenvalue weighted by molar-refractivity contribution is -0.142. The predicted octanol–water partition coefficient (Wildman–Crippen LogP) is -0.270. The Hall–Kier alpha value is -1.34. The third-order valence-corrected chi connectivity index (χ3v) is 1.33. The predicted molar refractivity (Wildman–Crippen MR) is 47.9 cm³/mol. The number of carbonyl (C=O) groups excluding carboxylic acids is 2. The Bertz CT molecular complexity index is 230. The largest absolute Gasteiger partial charge is 0.465 e. The molecule has 0 radical (unpaired) electrons. The van der Waals surface area contributed by atoms with E-state index in [0.29, 0.717) is 6.61 Å². The van der Waals surface area contributed by atoms with Gasteiger partial charge in [-0.25, -0.2) is 0 Å². The summed E-state index contributed by atoms with van der Waals surface area (Å²) in [7, 11) is 0. The zero-order chi connectivity index (χ0) is 10.3. The molecular weight excluding hydrogens is 170 g/mol. The molecule has 13 heavy (non-hydrogen) atoms. The smallest absolute Gasteiger partial charge is 0.319 e. The van der Waals surface area contributed by atoms with Crippen molar-refractivity contribution >= 4 is 11.8 Å². The first-order valence-corrected chi connectivity index (χ1v) is 3.97. The van der Waals surface area contributed by atoms with Gasteiger partial charge in [-0.3, -0.25) is 14.9 Å². The summed E-state index contributed by atoms with van der Waals surface area (Å²) in [6, 6.07) is -0.704. The van der Waals surface area contributed by atoms with E-state index >= 15 is 0 Å². The summed E-state index contributed by atoms with van der Waals surface area (Å²) < 4.78 is 4.64. The second-order valence-electron chi connectivity index (χ2n) is 2.40.